The van der Waals surface area contributed by atoms with Crippen molar-refractivity contribution in [1.29, 1.82) is 0 Å². The Hall–Kier alpha value is -0.0800. The topological polar surface area (TPSA) is 40.5 Å². The first-order valence-electron chi connectivity index (χ1n) is 9.30. The third kappa shape index (κ3) is 1.97. The van der Waals surface area contributed by atoms with Crippen LogP contribution in [0.5, 0.6) is 0 Å². The van der Waals surface area contributed by atoms with Gasteiger partial charge in [0, 0.05) is 0 Å². The predicted molar refractivity (Wildman–Crippen MR) is 83.7 cm³/mol. The summed E-state index contributed by atoms with van der Waals surface area (Å²) in [7, 11) is 0. The first-order chi connectivity index (χ1) is 9.94. The molecule has 0 aromatic heterocycles. The molecule has 0 aromatic carbocycles. The van der Waals surface area contributed by atoms with Gasteiger partial charge < -0.3 is 10.2 Å². The highest BCUT2D eigenvalue weighted by atomic mass is 16.3. The summed E-state index contributed by atoms with van der Waals surface area (Å²) < 4.78 is 0. The highest BCUT2D eigenvalue weighted by molar-refractivity contribution is 5.09. The molecule has 0 saturated heterocycles. The van der Waals surface area contributed by atoms with Crippen LogP contribution in [-0.4, -0.2) is 22.4 Å². The van der Waals surface area contributed by atoms with Crippen LogP contribution >= 0.6 is 0 Å². The first-order valence-corrected chi connectivity index (χ1v) is 9.30. The molecule has 4 aliphatic rings. The molecule has 4 fully saturated rings. The fourth-order valence-corrected chi connectivity index (χ4v) is 7.27. The molecule has 120 valence electrons. The quantitative estimate of drug-likeness (QED) is 0.714. The Morgan fingerprint density at radius 1 is 0.810 bits per heavy atom. The minimum absolute atomic E-state index is 0.172. The second kappa shape index (κ2) is 4.71. The molecule has 8 atom stereocenters. The molecule has 0 aromatic rings. The molecule has 2 heteroatoms. The Morgan fingerprint density at radius 3 is 2.43 bits per heavy atom. The highest BCUT2D eigenvalue weighted by Crippen LogP contribution is 2.66. The molecule has 4 aliphatic carbocycles. The van der Waals surface area contributed by atoms with Gasteiger partial charge in [0.15, 0.2) is 0 Å². The maximum absolute atomic E-state index is 10.8. The molecule has 4 rings (SSSR count). The molecule has 0 radical (unpaired) electrons. The average molecular weight is 292 g/mol. The smallest absolute Gasteiger partial charge is 0.0577 e. The van der Waals surface area contributed by atoms with Crippen molar-refractivity contribution in [3.8, 4) is 0 Å². The summed E-state index contributed by atoms with van der Waals surface area (Å²) in [5, 5.41) is 20.9. The zero-order chi connectivity index (χ0) is 14.8. The molecule has 0 amide bonds. The van der Waals surface area contributed by atoms with Gasteiger partial charge in [-0.1, -0.05) is 20.3 Å². The van der Waals surface area contributed by atoms with Gasteiger partial charge in [-0.25, -0.2) is 0 Å². The fourth-order valence-electron chi connectivity index (χ4n) is 7.27. The molecule has 0 bridgehead atoms. The SMILES string of the molecule is C[C@@]12CCC[C@H]1[C@@H]1C[C@@H](O)[C@H]3C[C@H](O)CC[C@]3(C)[C@H]1CC2. The molecule has 0 unspecified atom stereocenters. The number of rotatable bonds is 0. The van der Waals surface area contributed by atoms with Crippen molar-refractivity contribution in [2.45, 2.75) is 83.8 Å². The van der Waals surface area contributed by atoms with Crippen LogP contribution in [0.15, 0.2) is 0 Å². The van der Waals surface area contributed by atoms with Crippen molar-refractivity contribution in [3.05, 3.63) is 0 Å². The number of hydrogen-bond donors (Lipinski definition) is 2. The van der Waals surface area contributed by atoms with Crippen molar-refractivity contribution in [2.75, 3.05) is 0 Å². The summed E-state index contributed by atoms with van der Waals surface area (Å²) in [5.74, 6) is 2.75. The van der Waals surface area contributed by atoms with Crippen LogP contribution in [0.25, 0.3) is 0 Å². The molecule has 0 heterocycles. The van der Waals surface area contributed by atoms with Crippen molar-refractivity contribution in [1.82, 2.24) is 0 Å². The van der Waals surface area contributed by atoms with Gasteiger partial charge in [-0.05, 0) is 85.9 Å². The lowest BCUT2D eigenvalue weighted by Crippen LogP contribution is -2.57. The van der Waals surface area contributed by atoms with Crippen molar-refractivity contribution < 1.29 is 10.2 Å². The maximum atomic E-state index is 10.8. The second-order valence-corrected chi connectivity index (χ2v) is 9.31. The molecule has 0 aliphatic heterocycles. The van der Waals surface area contributed by atoms with Gasteiger partial charge in [0.05, 0.1) is 12.2 Å². The summed E-state index contributed by atoms with van der Waals surface area (Å²) in [6.07, 6.45) is 10.6. The van der Waals surface area contributed by atoms with Crippen LogP contribution in [0.1, 0.15) is 71.6 Å². The molecule has 4 saturated carbocycles. The molecular formula is C19H32O2. The predicted octanol–water partition coefficient (Wildman–Crippen LogP) is 3.75. The second-order valence-electron chi connectivity index (χ2n) is 9.31. The number of aliphatic hydroxyl groups is 2. The summed E-state index contributed by atoms with van der Waals surface area (Å²) >= 11 is 0. The van der Waals surface area contributed by atoms with Crippen LogP contribution < -0.4 is 0 Å². The molecule has 2 nitrogen and oxygen atoms in total. The Bertz CT molecular complexity index is 422. The normalized spacial score (nSPS) is 60.0. The van der Waals surface area contributed by atoms with Crippen LogP contribution in [0.2, 0.25) is 0 Å². The van der Waals surface area contributed by atoms with E-state index >= 15 is 0 Å². The van der Waals surface area contributed by atoms with E-state index in [0.717, 1.165) is 43.4 Å². The lowest BCUT2D eigenvalue weighted by Gasteiger charge is -2.61. The van der Waals surface area contributed by atoms with Gasteiger partial charge >= 0.3 is 0 Å². The van der Waals surface area contributed by atoms with E-state index in [-0.39, 0.29) is 17.6 Å². The Labute approximate surface area is 129 Å². The van der Waals surface area contributed by atoms with Gasteiger partial charge in [-0.15, -0.1) is 0 Å². The van der Waals surface area contributed by atoms with E-state index < -0.39 is 0 Å². The molecule has 21 heavy (non-hydrogen) atoms. The van der Waals surface area contributed by atoms with Crippen LogP contribution in [0, 0.1) is 34.5 Å². The van der Waals surface area contributed by atoms with Gasteiger partial charge in [-0.2, -0.15) is 0 Å². The maximum Gasteiger partial charge on any atom is 0.0577 e. The zero-order valence-electron chi connectivity index (χ0n) is 13.7. The van der Waals surface area contributed by atoms with E-state index in [2.05, 4.69) is 13.8 Å². The summed E-state index contributed by atoms with van der Waals surface area (Å²) in [4.78, 5) is 0. The lowest BCUT2D eigenvalue weighted by atomic mass is 9.44. The minimum atomic E-state index is -0.172. The van der Waals surface area contributed by atoms with E-state index in [4.69, 9.17) is 0 Å². The molecule has 0 spiro atoms. The van der Waals surface area contributed by atoms with Crippen molar-refractivity contribution >= 4 is 0 Å². The first kappa shape index (κ1) is 14.5. The number of hydrogen-bond acceptors (Lipinski definition) is 2. The third-order valence-corrected chi connectivity index (χ3v) is 8.43. The standard InChI is InChI=1S/C19H32O2/c1-18-7-3-4-14(18)13-11-17(21)16-10-12(20)5-9-19(16,2)15(13)6-8-18/h12-17,20-21H,3-11H2,1-2H3/t12-,13+,14+,15+,16-,17-,18+,19-/m1/s1. The molecular weight excluding hydrogens is 260 g/mol. The van der Waals surface area contributed by atoms with Crippen molar-refractivity contribution in [3.63, 3.8) is 0 Å². The highest BCUT2D eigenvalue weighted by Gasteiger charge is 2.59. The van der Waals surface area contributed by atoms with Gasteiger partial charge in [0.2, 0.25) is 0 Å². The summed E-state index contributed by atoms with van der Waals surface area (Å²) in [5.41, 5.74) is 0.851. The van der Waals surface area contributed by atoms with Gasteiger partial charge in [-0.3, -0.25) is 0 Å². The summed E-state index contributed by atoms with van der Waals surface area (Å²) in [6, 6.07) is 0. The molecule has 2 N–H and O–H groups in total. The van der Waals surface area contributed by atoms with E-state index in [0.29, 0.717) is 11.3 Å². The average Bonchev–Trinajstić information content (AvgIpc) is 2.83. The monoisotopic (exact) mass is 292 g/mol. The van der Waals surface area contributed by atoms with Gasteiger partial charge in [0.25, 0.3) is 0 Å². The van der Waals surface area contributed by atoms with Crippen LogP contribution in [0.3, 0.4) is 0 Å². The fraction of sp³-hybridized carbons (Fsp3) is 1.00. The lowest BCUT2D eigenvalue weighted by molar-refractivity contribution is -0.167. The van der Waals surface area contributed by atoms with Crippen molar-refractivity contribution in [2.24, 2.45) is 34.5 Å². The number of fused-ring (bicyclic) bond motifs is 5. The third-order valence-electron chi connectivity index (χ3n) is 8.43. The van der Waals surface area contributed by atoms with Crippen LogP contribution in [-0.2, 0) is 0 Å². The Balaban J connectivity index is 1.66. The van der Waals surface area contributed by atoms with E-state index in [1.165, 1.54) is 32.1 Å². The van der Waals surface area contributed by atoms with E-state index in [1.54, 1.807) is 0 Å². The van der Waals surface area contributed by atoms with E-state index in [1.807, 2.05) is 0 Å². The van der Waals surface area contributed by atoms with Crippen LogP contribution in [0.4, 0.5) is 0 Å². The zero-order valence-corrected chi connectivity index (χ0v) is 13.7. The number of aliphatic hydroxyl groups excluding tert-OH is 2. The van der Waals surface area contributed by atoms with E-state index in [9.17, 15) is 10.2 Å². The van der Waals surface area contributed by atoms with Gasteiger partial charge in [0.1, 0.15) is 0 Å². The largest absolute Gasteiger partial charge is 0.393 e. The Morgan fingerprint density at radius 2 is 1.62 bits per heavy atom. The minimum Gasteiger partial charge on any atom is -0.393 e. The Kier molecular flexibility index (Phi) is 3.25. The summed E-state index contributed by atoms with van der Waals surface area (Å²) in [6.45, 7) is 4.97.